The van der Waals surface area contributed by atoms with Crippen LogP contribution in [0.4, 0.5) is 0 Å². The predicted molar refractivity (Wildman–Crippen MR) is 123 cm³/mol. The summed E-state index contributed by atoms with van der Waals surface area (Å²) in [6, 6.07) is 5.76. The van der Waals surface area contributed by atoms with E-state index in [1.54, 1.807) is 37.3 Å². The number of ether oxygens (including phenoxy) is 2. The van der Waals surface area contributed by atoms with E-state index in [1.807, 2.05) is 23.6 Å². The summed E-state index contributed by atoms with van der Waals surface area (Å²) in [5, 5.41) is 12.4. The summed E-state index contributed by atoms with van der Waals surface area (Å²) in [5.74, 6) is 2.89. The van der Waals surface area contributed by atoms with Gasteiger partial charge in [0.2, 0.25) is 5.91 Å². The lowest BCUT2D eigenvalue weighted by Gasteiger charge is -2.12. The van der Waals surface area contributed by atoms with E-state index in [0.717, 1.165) is 33.8 Å². The Labute approximate surface area is 190 Å². The lowest BCUT2D eigenvalue weighted by molar-refractivity contribution is -0.118. The number of nitrogens with two attached hydrogens (primary N) is 1. The smallest absolute Gasteiger partial charge is 0.217 e. The molecule has 1 aromatic carbocycles. The maximum absolute atomic E-state index is 11.2. The van der Waals surface area contributed by atoms with Gasteiger partial charge in [-0.25, -0.2) is 4.98 Å². The number of amides is 1. The van der Waals surface area contributed by atoms with E-state index >= 15 is 0 Å². The van der Waals surface area contributed by atoms with E-state index in [1.165, 1.54) is 0 Å². The molecule has 0 atom stereocenters. The second-order valence-corrected chi connectivity index (χ2v) is 9.14. The SMILES string of the molecule is COc1cccc(-c2nc(CSc3nnc(CCC(N)=O)n3CC(C)C)cs2)c1OC. The third-order valence-corrected chi connectivity index (χ3v) is 6.40. The van der Waals surface area contributed by atoms with Crippen LogP contribution in [0.1, 0.15) is 31.8 Å². The van der Waals surface area contributed by atoms with Crippen molar-refractivity contribution in [3.8, 4) is 22.1 Å². The van der Waals surface area contributed by atoms with E-state index in [2.05, 4.69) is 28.6 Å². The molecule has 0 aliphatic carbocycles. The van der Waals surface area contributed by atoms with Crippen molar-refractivity contribution in [3.63, 3.8) is 0 Å². The van der Waals surface area contributed by atoms with Crippen LogP contribution in [-0.2, 0) is 23.5 Å². The van der Waals surface area contributed by atoms with Crippen LogP contribution in [0.25, 0.3) is 10.6 Å². The quantitative estimate of drug-likeness (QED) is 0.433. The van der Waals surface area contributed by atoms with Gasteiger partial charge in [-0.2, -0.15) is 0 Å². The van der Waals surface area contributed by atoms with Crippen LogP contribution in [0.5, 0.6) is 11.5 Å². The van der Waals surface area contributed by atoms with Gasteiger partial charge < -0.3 is 19.8 Å². The zero-order chi connectivity index (χ0) is 22.4. The molecule has 31 heavy (non-hydrogen) atoms. The molecule has 0 aliphatic rings. The van der Waals surface area contributed by atoms with Crippen LogP contribution in [0.3, 0.4) is 0 Å². The van der Waals surface area contributed by atoms with E-state index in [-0.39, 0.29) is 12.3 Å². The number of aryl methyl sites for hydroxylation is 1. The first-order chi connectivity index (χ1) is 14.9. The molecule has 0 spiro atoms. The number of thioether (sulfide) groups is 1. The minimum Gasteiger partial charge on any atom is -0.493 e. The summed E-state index contributed by atoms with van der Waals surface area (Å²) in [6.45, 7) is 5.06. The largest absolute Gasteiger partial charge is 0.493 e. The Bertz CT molecular complexity index is 1030. The van der Waals surface area contributed by atoms with E-state index < -0.39 is 0 Å². The lowest BCUT2D eigenvalue weighted by Crippen LogP contribution is -2.15. The summed E-state index contributed by atoms with van der Waals surface area (Å²) in [4.78, 5) is 15.9. The second kappa shape index (κ2) is 10.6. The molecule has 166 valence electrons. The van der Waals surface area contributed by atoms with Gasteiger partial charge in [-0.15, -0.1) is 21.5 Å². The Morgan fingerprint density at radius 1 is 1.26 bits per heavy atom. The zero-order valence-electron chi connectivity index (χ0n) is 18.1. The van der Waals surface area contributed by atoms with Gasteiger partial charge in [0.05, 0.1) is 25.5 Å². The van der Waals surface area contributed by atoms with Crippen LogP contribution in [-0.4, -0.2) is 39.9 Å². The Morgan fingerprint density at radius 2 is 2.06 bits per heavy atom. The Morgan fingerprint density at radius 3 is 2.74 bits per heavy atom. The third kappa shape index (κ3) is 5.76. The number of hydrogen-bond donors (Lipinski definition) is 1. The molecule has 0 saturated carbocycles. The summed E-state index contributed by atoms with van der Waals surface area (Å²) < 4.78 is 13.0. The number of aromatic nitrogens is 4. The number of para-hydroxylation sites is 1. The molecule has 2 N–H and O–H groups in total. The maximum atomic E-state index is 11.2. The Hall–Kier alpha value is -2.59. The molecule has 1 amide bonds. The first-order valence-electron chi connectivity index (χ1n) is 9.91. The van der Waals surface area contributed by atoms with Crippen molar-refractivity contribution in [1.29, 1.82) is 0 Å². The van der Waals surface area contributed by atoms with E-state index in [9.17, 15) is 4.79 Å². The molecule has 8 nitrogen and oxygen atoms in total. The van der Waals surface area contributed by atoms with Gasteiger partial charge in [-0.3, -0.25) is 4.79 Å². The second-order valence-electron chi connectivity index (χ2n) is 7.34. The average molecular weight is 462 g/mol. The first-order valence-corrected chi connectivity index (χ1v) is 11.8. The zero-order valence-corrected chi connectivity index (χ0v) is 19.8. The molecular weight excluding hydrogens is 434 g/mol. The van der Waals surface area contributed by atoms with Gasteiger partial charge in [-0.05, 0) is 18.1 Å². The number of primary amides is 1. The number of rotatable bonds is 11. The molecule has 0 saturated heterocycles. The van der Waals surface area contributed by atoms with Gasteiger partial charge in [0, 0.05) is 30.5 Å². The van der Waals surface area contributed by atoms with Crippen molar-refractivity contribution in [2.24, 2.45) is 11.7 Å². The van der Waals surface area contributed by atoms with Gasteiger partial charge in [0.25, 0.3) is 0 Å². The van der Waals surface area contributed by atoms with Crippen molar-refractivity contribution >= 4 is 29.0 Å². The fraction of sp³-hybridized carbons (Fsp3) is 0.429. The monoisotopic (exact) mass is 461 g/mol. The molecule has 0 unspecified atom stereocenters. The van der Waals surface area contributed by atoms with Crippen LogP contribution >= 0.6 is 23.1 Å². The maximum Gasteiger partial charge on any atom is 0.217 e. The molecule has 0 bridgehead atoms. The molecule has 10 heteroatoms. The predicted octanol–water partition coefficient (Wildman–Crippen LogP) is 3.79. The number of hydrogen-bond acceptors (Lipinski definition) is 8. The molecule has 0 aliphatic heterocycles. The number of benzene rings is 1. The number of carbonyl (C=O) groups excluding carboxylic acids is 1. The van der Waals surface area contributed by atoms with Crippen LogP contribution in [0.2, 0.25) is 0 Å². The Kier molecular flexibility index (Phi) is 7.91. The number of carbonyl (C=O) groups is 1. The highest BCUT2D eigenvalue weighted by atomic mass is 32.2. The molecule has 2 aromatic heterocycles. The minimum absolute atomic E-state index is 0.263. The van der Waals surface area contributed by atoms with Crippen molar-refractivity contribution in [1.82, 2.24) is 19.7 Å². The topological polar surface area (TPSA) is 105 Å². The average Bonchev–Trinajstić information content (AvgIpc) is 3.36. The summed E-state index contributed by atoms with van der Waals surface area (Å²) in [5.41, 5.74) is 7.15. The van der Waals surface area contributed by atoms with Gasteiger partial charge in [-0.1, -0.05) is 31.7 Å². The normalized spacial score (nSPS) is 11.1. The highest BCUT2D eigenvalue weighted by Crippen LogP contribution is 2.39. The summed E-state index contributed by atoms with van der Waals surface area (Å²) in [6.07, 6.45) is 0.755. The van der Waals surface area contributed by atoms with Crippen molar-refractivity contribution in [3.05, 3.63) is 35.1 Å². The summed E-state index contributed by atoms with van der Waals surface area (Å²) >= 11 is 3.15. The van der Waals surface area contributed by atoms with E-state index in [4.69, 9.17) is 20.2 Å². The minimum atomic E-state index is -0.337. The summed E-state index contributed by atoms with van der Waals surface area (Å²) in [7, 11) is 3.25. The molecule has 2 heterocycles. The molecule has 3 rings (SSSR count). The fourth-order valence-electron chi connectivity index (χ4n) is 3.09. The standard InChI is InChI=1S/C21H27N5O3S2/c1-13(2)10-26-18(9-8-17(22)27)24-25-21(26)31-12-14-11-30-20(23-14)15-6-5-7-16(28-3)19(15)29-4/h5-7,11,13H,8-10,12H2,1-4H3,(H2,22,27). The van der Waals surface area contributed by atoms with Crippen LogP contribution in [0, 0.1) is 5.92 Å². The van der Waals surface area contributed by atoms with Gasteiger partial charge in [0.15, 0.2) is 16.7 Å². The van der Waals surface area contributed by atoms with Crippen molar-refractivity contribution in [2.75, 3.05) is 14.2 Å². The molecular formula is C21H27N5O3S2. The van der Waals surface area contributed by atoms with E-state index in [0.29, 0.717) is 29.6 Å². The molecule has 3 aromatic rings. The van der Waals surface area contributed by atoms with Crippen LogP contribution in [0.15, 0.2) is 28.7 Å². The van der Waals surface area contributed by atoms with Gasteiger partial charge >= 0.3 is 0 Å². The van der Waals surface area contributed by atoms with Gasteiger partial charge in [0.1, 0.15) is 10.8 Å². The van der Waals surface area contributed by atoms with Crippen molar-refractivity contribution < 1.29 is 14.3 Å². The highest BCUT2D eigenvalue weighted by Gasteiger charge is 2.17. The number of methoxy groups -OCH3 is 2. The van der Waals surface area contributed by atoms with Crippen molar-refractivity contribution in [2.45, 2.75) is 44.1 Å². The molecule has 0 radical (unpaired) electrons. The lowest BCUT2D eigenvalue weighted by atomic mass is 10.2. The number of nitrogens with zero attached hydrogens (tertiary/aromatic N) is 4. The fourth-order valence-corrected chi connectivity index (χ4v) is 4.89. The highest BCUT2D eigenvalue weighted by molar-refractivity contribution is 7.98. The third-order valence-electron chi connectivity index (χ3n) is 4.47. The number of thiazole rings is 1. The first kappa shape index (κ1) is 23.1. The van der Waals surface area contributed by atoms with Crippen LogP contribution < -0.4 is 15.2 Å². The molecule has 0 fully saturated rings. The Balaban J connectivity index is 1.76.